The summed E-state index contributed by atoms with van der Waals surface area (Å²) < 4.78 is 26.1. The summed E-state index contributed by atoms with van der Waals surface area (Å²) in [6.45, 7) is 10.3. The minimum atomic E-state index is -2.98. The Morgan fingerprint density at radius 3 is 2.71 bits per heavy atom. The van der Waals surface area contributed by atoms with Gasteiger partial charge < -0.3 is 9.88 Å². The minimum Gasteiger partial charge on any atom is -0.336 e. The summed E-state index contributed by atoms with van der Waals surface area (Å²) in [4.78, 5) is 4.92. The van der Waals surface area contributed by atoms with E-state index in [0.717, 1.165) is 25.2 Å². The molecule has 5 rings (SSSR count). The van der Waals surface area contributed by atoms with Crippen LogP contribution in [0.1, 0.15) is 58.7 Å². The summed E-state index contributed by atoms with van der Waals surface area (Å²) in [5.41, 5.74) is 6.07. The summed E-state index contributed by atoms with van der Waals surface area (Å²) >= 11 is 0. The molecular formula is C27H37N5O2S. The molecule has 2 unspecified atom stereocenters. The van der Waals surface area contributed by atoms with Gasteiger partial charge in [0, 0.05) is 35.3 Å². The van der Waals surface area contributed by atoms with Crippen molar-refractivity contribution in [1.82, 2.24) is 19.9 Å². The van der Waals surface area contributed by atoms with Crippen molar-refractivity contribution in [2.75, 3.05) is 25.2 Å². The number of fused-ring (bicyclic) bond motifs is 2. The van der Waals surface area contributed by atoms with E-state index in [9.17, 15) is 8.42 Å². The van der Waals surface area contributed by atoms with Gasteiger partial charge in [0.25, 0.3) is 0 Å². The molecule has 0 spiro atoms. The number of aromatic nitrogens is 1. The van der Waals surface area contributed by atoms with Crippen molar-refractivity contribution in [3.05, 3.63) is 53.2 Å². The summed E-state index contributed by atoms with van der Waals surface area (Å²) in [5.74, 6) is 1.27. The number of sulfone groups is 1. The van der Waals surface area contributed by atoms with Crippen molar-refractivity contribution in [2.24, 2.45) is 4.99 Å². The van der Waals surface area contributed by atoms with Crippen molar-refractivity contribution in [2.45, 2.75) is 65.1 Å². The fourth-order valence-electron chi connectivity index (χ4n) is 5.61. The van der Waals surface area contributed by atoms with E-state index in [1.54, 1.807) is 0 Å². The molecule has 1 aromatic heterocycles. The Balaban J connectivity index is 1.59. The molecule has 8 heteroatoms. The number of nitrogens with zero attached hydrogens (tertiary/aromatic N) is 4. The van der Waals surface area contributed by atoms with Gasteiger partial charge in [0.15, 0.2) is 0 Å². The summed E-state index contributed by atoms with van der Waals surface area (Å²) in [6, 6.07) is 11.7. The average Bonchev–Trinajstić information content (AvgIpc) is 3.42. The van der Waals surface area contributed by atoms with E-state index >= 15 is 0 Å². The highest BCUT2D eigenvalue weighted by atomic mass is 32.2. The van der Waals surface area contributed by atoms with Crippen LogP contribution in [0.15, 0.2) is 52.5 Å². The molecule has 0 radical (unpaired) electrons. The highest BCUT2D eigenvalue weighted by Gasteiger charge is 2.37. The van der Waals surface area contributed by atoms with Crippen LogP contribution in [0.3, 0.4) is 0 Å². The molecule has 188 valence electrons. The third-order valence-corrected chi connectivity index (χ3v) is 8.58. The molecule has 1 N–H and O–H groups in total. The van der Waals surface area contributed by atoms with Crippen LogP contribution in [-0.2, 0) is 9.84 Å². The monoisotopic (exact) mass is 495 g/mol. The third-order valence-electron chi connectivity index (χ3n) is 7.61. The van der Waals surface area contributed by atoms with Crippen molar-refractivity contribution in [3.8, 4) is 0 Å². The Kier molecular flexibility index (Phi) is 6.40. The summed E-state index contributed by atoms with van der Waals surface area (Å²) in [5, 5.41) is 9.44. The number of nitrogens with one attached hydrogen (secondary N) is 1. The first-order chi connectivity index (χ1) is 16.6. The zero-order chi connectivity index (χ0) is 24.9. The maximum absolute atomic E-state index is 11.8. The first kappa shape index (κ1) is 24.3. The lowest BCUT2D eigenvalue weighted by atomic mass is 9.96. The molecule has 7 nitrogen and oxygen atoms in total. The van der Waals surface area contributed by atoms with Crippen LogP contribution in [0.2, 0.25) is 0 Å². The van der Waals surface area contributed by atoms with Crippen molar-refractivity contribution in [1.29, 1.82) is 0 Å². The summed E-state index contributed by atoms with van der Waals surface area (Å²) in [6.07, 6.45) is 6.21. The Hall–Kier alpha value is -2.42. The third kappa shape index (κ3) is 4.59. The largest absolute Gasteiger partial charge is 0.336 e. The quantitative estimate of drug-likeness (QED) is 0.645. The van der Waals surface area contributed by atoms with Gasteiger partial charge >= 0.3 is 0 Å². The molecule has 2 aromatic rings. The topological polar surface area (TPSA) is 69.9 Å². The molecule has 0 bridgehead atoms. The van der Waals surface area contributed by atoms with Crippen LogP contribution >= 0.6 is 0 Å². The van der Waals surface area contributed by atoms with Gasteiger partial charge in [-0.25, -0.2) is 13.4 Å². The van der Waals surface area contributed by atoms with E-state index in [2.05, 4.69) is 84.0 Å². The molecule has 0 aliphatic carbocycles. The van der Waals surface area contributed by atoms with E-state index in [-0.39, 0.29) is 11.8 Å². The average molecular weight is 496 g/mol. The first-order valence-corrected chi connectivity index (χ1v) is 14.7. The predicted octanol–water partition coefficient (Wildman–Crippen LogP) is 4.36. The second-order valence-electron chi connectivity index (χ2n) is 10.5. The number of hydrogen-bond donors (Lipinski definition) is 1. The van der Waals surface area contributed by atoms with E-state index < -0.39 is 9.84 Å². The van der Waals surface area contributed by atoms with Crippen molar-refractivity contribution >= 4 is 32.3 Å². The number of hydrazine groups is 1. The van der Waals surface area contributed by atoms with E-state index in [4.69, 9.17) is 4.99 Å². The Morgan fingerprint density at radius 1 is 1.20 bits per heavy atom. The zero-order valence-electron chi connectivity index (χ0n) is 21.5. The van der Waals surface area contributed by atoms with Gasteiger partial charge in [-0.1, -0.05) is 18.2 Å². The molecule has 0 amide bonds. The lowest BCUT2D eigenvalue weighted by Gasteiger charge is -2.39. The van der Waals surface area contributed by atoms with Crippen molar-refractivity contribution < 1.29 is 8.42 Å². The van der Waals surface area contributed by atoms with Gasteiger partial charge in [0.05, 0.1) is 17.1 Å². The standard InChI is InChI=1S/C27H37N5O2S/c1-18(2)30-17-29-27-20(4)19(3)14-26(32(27)30)25-15-21-8-6-7-9-24(21)31(25)23-10-12-28-22(16-23)11-13-35(5,33)34/h6-9,14-15,18,22-23,28H,10-13,16-17H2,1-5H3. The lowest BCUT2D eigenvalue weighted by Crippen LogP contribution is -2.46. The van der Waals surface area contributed by atoms with Crippen molar-refractivity contribution in [3.63, 3.8) is 0 Å². The van der Waals surface area contributed by atoms with Gasteiger partial charge in [-0.3, -0.25) is 5.01 Å². The molecule has 4 heterocycles. The Labute approximate surface area is 209 Å². The SMILES string of the molecule is CC1=C(C)C2=NCN(C(C)C)N2C(c2cc3ccccc3n2C2CCNC(CCS(C)(=O)=O)C2)=C1. The number of benzene rings is 1. The van der Waals surface area contributed by atoms with Gasteiger partial charge in [-0.2, -0.15) is 5.01 Å². The highest BCUT2D eigenvalue weighted by molar-refractivity contribution is 7.90. The maximum atomic E-state index is 11.8. The molecule has 0 saturated carbocycles. The lowest BCUT2D eigenvalue weighted by molar-refractivity contribution is 0.0870. The van der Waals surface area contributed by atoms with E-state index in [1.165, 1.54) is 39.7 Å². The van der Waals surface area contributed by atoms with Crippen LogP contribution in [0.25, 0.3) is 16.6 Å². The van der Waals surface area contributed by atoms with Crippen LogP contribution in [0.5, 0.6) is 0 Å². The number of amidine groups is 1. The highest BCUT2D eigenvalue weighted by Crippen LogP contribution is 2.40. The van der Waals surface area contributed by atoms with Crippen LogP contribution < -0.4 is 5.32 Å². The second-order valence-corrected chi connectivity index (χ2v) is 12.8. The van der Waals surface area contributed by atoms with Crippen LogP contribution in [-0.4, -0.2) is 66.1 Å². The number of hydrogen-bond acceptors (Lipinski definition) is 6. The number of rotatable bonds is 6. The number of para-hydroxylation sites is 1. The smallest absolute Gasteiger partial charge is 0.147 e. The fourth-order valence-corrected chi connectivity index (χ4v) is 6.32. The second kappa shape index (κ2) is 9.22. The molecular weight excluding hydrogens is 458 g/mol. The summed E-state index contributed by atoms with van der Waals surface area (Å²) in [7, 11) is -2.98. The fraction of sp³-hybridized carbons (Fsp3) is 0.519. The molecule has 3 aliphatic rings. The van der Waals surface area contributed by atoms with E-state index in [1.807, 2.05) is 0 Å². The first-order valence-electron chi connectivity index (χ1n) is 12.7. The Morgan fingerprint density at radius 2 is 1.97 bits per heavy atom. The molecule has 1 aromatic carbocycles. The number of piperidine rings is 1. The Bertz CT molecular complexity index is 1330. The van der Waals surface area contributed by atoms with E-state index in [0.29, 0.717) is 25.2 Å². The molecule has 3 aliphatic heterocycles. The van der Waals surface area contributed by atoms with Gasteiger partial charge in [-0.05, 0) is 82.9 Å². The number of allylic oxidation sites excluding steroid dienone is 2. The normalized spacial score (nSPS) is 23.8. The van der Waals surface area contributed by atoms with Crippen LogP contribution in [0.4, 0.5) is 0 Å². The molecule has 35 heavy (non-hydrogen) atoms. The van der Waals surface area contributed by atoms with Gasteiger partial charge in [0.1, 0.15) is 22.3 Å². The molecule has 2 atom stereocenters. The van der Waals surface area contributed by atoms with Gasteiger partial charge in [-0.15, -0.1) is 0 Å². The predicted molar refractivity (Wildman–Crippen MR) is 144 cm³/mol. The maximum Gasteiger partial charge on any atom is 0.147 e. The zero-order valence-corrected chi connectivity index (χ0v) is 22.3. The van der Waals surface area contributed by atoms with Crippen LogP contribution in [0, 0.1) is 0 Å². The molecule has 1 fully saturated rings. The molecule has 1 saturated heterocycles. The van der Waals surface area contributed by atoms with Gasteiger partial charge in [0.2, 0.25) is 0 Å². The minimum absolute atomic E-state index is 0.192. The number of aliphatic imine (C=N–C) groups is 1.